The second-order valence-corrected chi connectivity index (χ2v) is 7.64. The smallest absolute Gasteiger partial charge is 0.417 e. The lowest BCUT2D eigenvalue weighted by Crippen LogP contribution is -2.43. The van der Waals surface area contributed by atoms with Crippen LogP contribution in [0.25, 0.3) is 0 Å². The Bertz CT molecular complexity index is 925. The molecule has 3 rings (SSSR count). The number of likely N-dealkylation sites (N-methyl/N-ethyl adjacent to an activating group) is 1. The lowest BCUT2D eigenvalue weighted by Gasteiger charge is -2.33. The molecule has 2 aromatic rings. The molecule has 2 heterocycles. The van der Waals surface area contributed by atoms with E-state index in [0.29, 0.717) is 43.2 Å². The fraction of sp³-hybridized carbons (Fsp3) is 0.409. The Morgan fingerprint density at radius 2 is 1.81 bits per heavy atom. The number of aromatic nitrogens is 1. The number of carbonyl (C=O) groups excluding carboxylic acids is 2. The average molecular weight is 450 g/mol. The molecule has 0 bridgehead atoms. The Balaban J connectivity index is 1.48. The molecule has 1 aliphatic rings. The van der Waals surface area contributed by atoms with E-state index in [1.807, 2.05) is 4.90 Å². The summed E-state index contributed by atoms with van der Waals surface area (Å²) in [5, 5.41) is 2.74. The summed E-state index contributed by atoms with van der Waals surface area (Å²) >= 11 is 0. The summed E-state index contributed by atoms with van der Waals surface area (Å²) in [5.41, 5.74) is -0.185. The van der Waals surface area contributed by atoms with E-state index in [9.17, 15) is 22.8 Å². The van der Waals surface area contributed by atoms with E-state index < -0.39 is 11.7 Å². The van der Waals surface area contributed by atoms with E-state index in [0.717, 1.165) is 12.3 Å². The summed E-state index contributed by atoms with van der Waals surface area (Å²) in [5.74, 6) is 0.441. The molecule has 0 atom stereocenters. The number of benzene rings is 1. The summed E-state index contributed by atoms with van der Waals surface area (Å²) in [4.78, 5) is 32.2. The number of nitrogens with zero attached hydrogens (tertiary/aromatic N) is 3. The topological polar surface area (TPSA) is 74.8 Å². The monoisotopic (exact) mass is 450 g/mol. The third-order valence-electron chi connectivity index (χ3n) is 5.37. The van der Waals surface area contributed by atoms with Gasteiger partial charge in [0.25, 0.3) is 0 Å². The zero-order chi connectivity index (χ0) is 23.3. The Morgan fingerprint density at radius 3 is 2.34 bits per heavy atom. The average Bonchev–Trinajstić information content (AvgIpc) is 2.78. The molecule has 1 saturated heterocycles. The molecule has 172 valence electrons. The maximum Gasteiger partial charge on any atom is 0.417 e. The van der Waals surface area contributed by atoms with E-state index in [1.54, 1.807) is 38.4 Å². The molecule has 0 radical (unpaired) electrons. The first kappa shape index (κ1) is 23.4. The van der Waals surface area contributed by atoms with Gasteiger partial charge in [0.1, 0.15) is 11.6 Å². The van der Waals surface area contributed by atoms with Crippen molar-refractivity contribution in [3.8, 4) is 5.75 Å². The van der Waals surface area contributed by atoms with Gasteiger partial charge in [0.2, 0.25) is 11.8 Å². The van der Waals surface area contributed by atoms with Crippen molar-refractivity contribution in [2.75, 3.05) is 44.0 Å². The maximum atomic E-state index is 12.7. The molecule has 7 nitrogen and oxygen atoms in total. The van der Waals surface area contributed by atoms with Crippen LogP contribution >= 0.6 is 0 Å². The van der Waals surface area contributed by atoms with Crippen molar-refractivity contribution in [2.24, 2.45) is 5.92 Å². The molecule has 2 amide bonds. The number of alkyl halides is 3. The molecule has 0 spiro atoms. The molecule has 32 heavy (non-hydrogen) atoms. The van der Waals surface area contributed by atoms with Gasteiger partial charge in [0.05, 0.1) is 19.2 Å². The van der Waals surface area contributed by atoms with Crippen LogP contribution in [0.3, 0.4) is 0 Å². The molecule has 0 saturated carbocycles. The predicted molar refractivity (Wildman–Crippen MR) is 113 cm³/mol. The first-order valence-corrected chi connectivity index (χ1v) is 10.1. The number of halogens is 3. The number of nitrogens with one attached hydrogen (secondary N) is 1. The van der Waals surface area contributed by atoms with Crippen LogP contribution < -0.4 is 15.0 Å². The zero-order valence-electron chi connectivity index (χ0n) is 17.9. The van der Waals surface area contributed by atoms with Crippen LogP contribution in [-0.2, 0) is 15.8 Å². The molecular weight excluding hydrogens is 425 g/mol. The molecule has 1 fully saturated rings. The molecule has 1 N–H and O–H groups in total. The summed E-state index contributed by atoms with van der Waals surface area (Å²) in [6.07, 6.45) is -2.53. The highest BCUT2D eigenvalue weighted by molar-refractivity contribution is 5.94. The number of rotatable bonds is 6. The number of pyridine rings is 1. The van der Waals surface area contributed by atoms with Crippen LogP contribution in [0.15, 0.2) is 42.6 Å². The van der Waals surface area contributed by atoms with Gasteiger partial charge in [0.15, 0.2) is 0 Å². The van der Waals surface area contributed by atoms with E-state index in [2.05, 4.69) is 10.3 Å². The minimum absolute atomic E-state index is 0.0778. The van der Waals surface area contributed by atoms with Gasteiger partial charge >= 0.3 is 6.18 Å². The van der Waals surface area contributed by atoms with Gasteiger partial charge in [-0.1, -0.05) is 0 Å². The molecule has 1 aromatic heterocycles. The predicted octanol–water partition coefficient (Wildman–Crippen LogP) is 3.42. The molecular formula is C22H25F3N4O3. The summed E-state index contributed by atoms with van der Waals surface area (Å²) < 4.78 is 43.1. The lowest BCUT2D eigenvalue weighted by atomic mass is 9.95. The molecule has 0 unspecified atom stereocenters. The number of hydrogen-bond donors (Lipinski definition) is 1. The van der Waals surface area contributed by atoms with Crippen molar-refractivity contribution < 1.29 is 27.5 Å². The van der Waals surface area contributed by atoms with Gasteiger partial charge in [-0.15, -0.1) is 0 Å². The lowest BCUT2D eigenvalue weighted by molar-refractivity contribution is -0.138. The zero-order valence-corrected chi connectivity index (χ0v) is 17.9. The van der Waals surface area contributed by atoms with Crippen LogP contribution in [0.2, 0.25) is 0 Å². The number of amides is 2. The Morgan fingerprint density at radius 1 is 1.16 bits per heavy atom. The van der Waals surface area contributed by atoms with Crippen LogP contribution in [0.4, 0.5) is 24.7 Å². The Kier molecular flexibility index (Phi) is 7.22. The number of carbonyl (C=O) groups is 2. The fourth-order valence-corrected chi connectivity index (χ4v) is 3.58. The van der Waals surface area contributed by atoms with Crippen molar-refractivity contribution in [1.29, 1.82) is 0 Å². The highest BCUT2D eigenvalue weighted by Crippen LogP contribution is 2.30. The summed E-state index contributed by atoms with van der Waals surface area (Å²) in [6, 6.07) is 9.23. The van der Waals surface area contributed by atoms with Crippen LogP contribution in [0.1, 0.15) is 18.4 Å². The van der Waals surface area contributed by atoms with Gasteiger partial charge in [0, 0.05) is 37.9 Å². The minimum Gasteiger partial charge on any atom is -0.497 e. The van der Waals surface area contributed by atoms with Crippen molar-refractivity contribution in [2.45, 2.75) is 19.0 Å². The SMILES string of the molecule is COc1ccc(NC(=O)CN(C)C(=O)C2CCN(c3ccc(C(F)(F)F)cn3)CC2)cc1. The highest BCUT2D eigenvalue weighted by Gasteiger charge is 2.32. The normalized spacial score (nSPS) is 14.7. The van der Waals surface area contributed by atoms with Crippen LogP contribution in [0.5, 0.6) is 5.75 Å². The summed E-state index contributed by atoms with van der Waals surface area (Å²) in [7, 11) is 3.14. The van der Waals surface area contributed by atoms with Crippen LogP contribution in [0, 0.1) is 5.92 Å². The maximum absolute atomic E-state index is 12.7. The molecule has 0 aliphatic carbocycles. The van der Waals surface area contributed by atoms with E-state index in [1.165, 1.54) is 11.0 Å². The standard InChI is InChI=1S/C22H25F3N4O3/c1-28(14-20(30)27-17-4-6-18(32-2)7-5-17)21(31)15-9-11-29(12-10-15)19-8-3-16(13-26-19)22(23,24)25/h3-8,13,15H,9-12,14H2,1-2H3,(H,27,30). The second kappa shape index (κ2) is 9.88. The minimum atomic E-state index is -4.42. The van der Waals surface area contributed by atoms with Crippen molar-refractivity contribution in [1.82, 2.24) is 9.88 Å². The number of methoxy groups -OCH3 is 1. The van der Waals surface area contributed by atoms with Crippen LogP contribution in [-0.4, -0.2) is 55.5 Å². The number of ether oxygens (including phenoxy) is 1. The number of anilines is 2. The van der Waals surface area contributed by atoms with Crippen molar-refractivity contribution >= 4 is 23.3 Å². The second-order valence-electron chi connectivity index (χ2n) is 7.64. The third kappa shape index (κ3) is 5.89. The number of piperidine rings is 1. The van der Waals surface area contributed by atoms with Crippen molar-refractivity contribution in [3.05, 3.63) is 48.2 Å². The van der Waals surface area contributed by atoms with Gasteiger partial charge in [-0.3, -0.25) is 9.59 Å². The molecule has 10 heteroatoms. The molecule has 1 aromatic carbocycles. The Hall–Kier alpha value is -3.30. The quantitative estimate of drug-likeness (QED) is 0.730. The first-order valence-electron chi connectivity index (χ1n) is 10.1. The van der Waals surface area contributed by atoms with Gasteiger partial charge in [-0.2, -0.15) is 13.2 Å². The first-order chi connectivity index (χ1) is 15.2. The van der Waals surface area contributed by atoms with Crippen molar-refractivity contribution in [3.63, 3.8) is 0 Å². The summed E-state index contributed by atoms with van der Waals surface area (Å²) in [6.45, 7) is 0.923. The molecule has 1 aliphatic heterocycles. The van der Waals surface area contributed by atoms with Gasteiger partial charge in [-0.05, 0) is 49.2 Å². The Labute approximate surface area is 184 Å². The number of hydrogen-bond acceptors (Lipinski definition) is 5. The van der Waals surface area contributed by atoms with E-state index in [-0.39, 0.29) is 24.3 Å². The highest BCUT2D eigenvalue weighted by atomic mass is 19.4. The van der Waals surface area contributed by atoms with E-state index in [4.69, 9.17) is 4.74 Å². The van der Waals surface area contributed by atoms with Gasteiger partial charge in [-0.25, -0.2) is 4.98 Å². The fourth-order valence-electron chi connectivity index (χ4n) is 3.58. The third-order valence-corrected chi connectivity index (χ3v) is 5.37. The van der Waals surface area contributed by atoms with E-state index >= 15 is 0 Å². The van der Waals surface area contributed by atoms with Gasteiger partial charge < -0.3 is 19.9 Å². The largest absolute Gasteiger partial charge is 0.497 e.